The van der Waals surface area contributed by atoms with Gasteiger partial charge < -0.3 is 10.2 Å². The molecule has 5 nitrogen and oxygen atoms in total. The van der Waals surface area contributed by atoms with Gasteiger partial charge in [-0.05, 0) is 89.1 Å². The fourth-order valence-corrected chi connectivity index (χ4v) is 4.48. The number of amides is 2. The smallest absolute Gasteiger partial charge is 0.261 e. The number of phenols is 2. The topological polar surface area (TPSA) is 77.8 Å². The molecule has 1 aliphatic heterocycles. The first-order valence-electron chi connectivity index (χ1n) is 11.6. The molecule has 0 unspecified atom stereocenters. The van der Waals surface area contributed by atoms with E-state index in [0.717, 1.165) is 34.3 Å². The van der Waals surface area contributed by atoms with E-state index in [-0.39, 0.29) is 23.3 Å². The average molecular weight is 464 g/mol. The zero-order valence-corrected chi connectivity index (χ0v) is 19.2. The van der Waals surface area contributed by atoms with E-state index in [1.54, 1.807) is 48.5 Å². The summed E-state index contributed by atoms with van der Waals surface area (Å²) in [5, 5.41) is 19.6. The van der Waals surface area contributed by atoms with Gasteiger partial charge in [-0.15, -0.1) is 0 Å². The van der Waals surface area contributed by atoms with Crippen molar-refractivity contribution >= 4 is 17.4 Å². The van der Waals surface area contributed by atoms with E-state index in [1.807, 2.05) is 24.3 Å². The van der Waals surface area contributed by atoms with Crippen LogP contribution in [0.1, 0.15) is 51.1 Å². The number of hydrogen-bond donors (Lipinski definition) is 2. The summed E-state index contributed by atoms with van der Waals surface area (Å²) in [5.74, 6) is -0.135. The average Bonchev–Trinajstić information content (AvgIpc) is 3.51. The van der Waals surface area contributed by atoms with Crippen LogP contribution in [0.4, 0.5) is 0 Å². The number of aromatic hydroxyl groups is 2. The number of rotatable bonds is 7. The van der Waals surface area contributed by atoms with Crippen molar-refractivity contribution < 1.29 is 19.8 Å². The lowest BCUT2D eigenvalue weighted by Gasteiger charge is -2.17. The van der Waals surface area contributed by atoms with Crippen LogP contribution >= 0.6 is 0 Å². The summed E-state index contributed by atoms with van der Waals surface area (Å²) < 4.78 is 0. The Morgan fingerprint density at radius 3 is 1.77 bits per heavy atom. The van der Waals surface area contributed by atoms with Crippen molar-refractivity contribution in [3.8, 4) is 11.5 Å². The van der Waals surface area contributed by atoms with E-state index in [2.05, 4.69) is 12.7 Å². The Labute approximate surface area is 204 Å². The predicted molar refractivity (Wildman–Crippen MR) is 135 cm³/mol. The lowest BCUT2D eigenvalue weighted by molar-refractivity contribution is 0.0652. The monoisotopic (exact) mass is 463 g/mol. The summed E-state index contributed by atoms with van der Waals surface area (Å²) in [6, 6.07) is 21.0. The van der Waals surface area contributed by atoms with E-state index >= 15 is 0 Å². The van der Waals surface area contributed by atoms with Crippen molar-refractivity contribution in [3.05, 3.63) is 124 Å². The Morgan fingerprint density at radius 2 is 1.31 bits per heavy atom. The highest BCUT2D eigenvalue weighted by Crippen LogP contribution is 2.39. The molecule has 35 heavy (non-hydrogen) atoms. The second kappa shape index (κ2) is 9.11. The first kappa shape index (κ1) is 22.4. The molecule has 3 aromatic rings. The summed E-state index contributed by atoms with van der Waals surface area (Å²) in [5.41, 5.74) is 7.05. The quantitative estimate of drug-likeness (QED) is 0.430. The number of hydrogen-bond acceptors (Lipinski definition) is 4. The van der Waals surface area contributed by atoms with Gasteiger partial charge in [0.05, 0.1) is 11.1 Å². The molecule has 0 atom stereocenters. The fourth-order valence-electron chi connectivity index (χ4n) is 4.48. The van der Waals surface area contributed by atoms with Crippen LogP contribution in [0.25, 0.3) is 5.57 Å². The van der Waals surface area contributed by atoms with Crippen LogP contribution in [0.15, 0.2) is 102 Å². The Balaban J connectivity index is 1.48. The van der Waals surface area contributed by atoms with Crippen molar-refractivity contribution in [1.29, 1.82) is 0 Å². The lowest BCUT2D eigenvalue weighted by atomic mass is 9.90. The van der Waals surface area contributed by atoms with Crippen LogP contribution in [0.2, 0.25) is 0 Å². The van der Waals surface area contributed by atoms with Crippen LogP contribution in [0.5, 0.6) is 11.5 Å². The molecule has 5 rings (SSSR count). The van der Waals surface area contributed by atoms with Crippen molar-refractivity contribution in [2.75, 3.05) is 6.54 Å². The van der Waals surface area contributed by atoms with Gasteiger partial charge in [0.25, 0.3) is 11.8 Å². The minimum absolute atomic E-state index is 0.180. The van der Waals surface area contributed by atoms with Gasteiger partial charge >= 0.3 is 0 Å². The van der Waals surface area contributed by atoms with E-state index in [1.165, 1.54) is 10.5 Å². The molecule has 2 N–H and O–H groups in total. The lowest BCUT2D eigenvalue weighted by Crippen LogP contribution is -2.30. The maximum Gasteiger partial charge on any atom is 0.261 e. The van der Waals surface area contributed by atoms with Gasteiger partial charge in [-0.25, -0.2) is 0 Å². The highest BCUT2D eigenvalue weighted by atomic mass is 16.3. The third-order valence-corrected chi connectivity index (χ3v) is 6.42. The number of fused-ring (bicyclic) bond motifs is 1. The van der Waals surface area contributed by atoms with Crippen LogP contribution in [-0.2, 0) is 0 Å². The van der Waals surface area contributed by atoms with Crippen LogP contribution < -0.4 is 0 Å². The molecule has 0 spiro atoms. The molecule has 1 saturated carbocycles. The first-order chi connectivity index (χ1) is 16.9. The van der Waals surface area contributed by atoms with E-state index in [4.69, 9.17) is 0 Å². The fraction of sp³-hybridized carbons (Fsp3) is 0.133. The second-order valence-corrected chi connectivity index (χ2v) is 8.85. The number of nitrogens with zero attached hydrogens (tertiary/aromatic N) is 1. The minimum atomic E-state index is -0.248. The number of allylic oxidation sites excluding steroid dienone is 4. The standard InChI is InChI=1S/C30H25NO4/c1-19-17-23(19)18-22(5-4-16-31-29(34)26-6-2-3-7-27(26)30(31)35)28(20-8-12-24(32)13-9-20)21-10-14-25(33)15-11-21/h2-3,6-15,18,32-33H,1,4-5,16-17H2/b23-18+. The summed E-state index contributed by atoms with van der Waals surface area (Å²) in [7, 11) is 0. The molecule has 1 fully saturated rings. The van der Waals surface area contributed by atoms with Crippen molar-refractivity contribution in [1.82, 2.24) is 4.90 Å². The highest BCUT2D eigenvalue weighted by molar-refractivity contribution is 6.21. The summed E-state index contributed by atoms with van der Waals surface area (Å²) in [6.07, 6.45) is 4.22. The highest BCUT2D eigenvalue weighted by Gasteiger charge is 2.34. The molecular formula is C30H25NO4. The van der Waals surface area contributed by atoms with Gasteiger partial charge in [-0.3, -0.25) is 14.5 Å². The van der Waals surface area contributed by atoms with Crippen LogP contribution in [-0.4, -0.2) is 33.5 Å². The maximum atomic E-state index is 12.8. The third kappa shape index (κ3) is 4.53. The van der Waals surface area contributed by atoms with Crippen molar-refractivity contribution in [3.63, 3.8) is 0 Å². The molecule has 1 heterocycles. The number of benzene rings is 3. The van der Waals surface area contributed by atoms with Crippen molar-refractivity contribution in [2.24, 2.45) is 0 Å². The predicted octanol–water partition coefficient (Wildman–Crippen LogP) is 5.86. The molecule has 0 radical (unpaired) electrons. The molecule has 0 saturated heterocycles. The second-order valence-electron chi connectivity index (χ2n) is 8.85. The van der Waals surface area contributed by atoms with Gasteiger partial charge in [0.2, 0.25) is 0 Å². The minimum Gasteiger partial charge on any atom is -0.508 e. The normalized spacial score (nSPS) is 15.5. The summed E-state index contributed by atoms with van der Waals surface area (Å²) in [6.45, 7) is 4.38. The molecule has 3 aromatic carbocycles. The molecular weight excluding hydrogens is 438 g/mol. The van der Waals surface area contributed by atoms with Gasteiger partial charge in [0, 0.05) is 6.54 Å². The molecule has 0 aromatic heterocycles. The van der Waals surface area contributed by atoms with E-state index in [0.29, 0.717) is 30.5 Å². The zero-order valence-electron chi connectivity index (χ0n) is 19.2. The number of carbonyl (C=O) groups excluding carboxylic acids is 2. The molecule has 5 heteroatoms. The van der Waals surface area contributed by atoms with Gasteiger partial charge in [-0.2, -0.15) is 0 Å². The largest absolute Gasteiger partial charge is 0.508 e. The number of imide groups is 1. The number of carbonyl (C=O) groups is 2. The molecule has 174 valence electrons. The Morgan fingerprint density at radius 1 is 0.829 bits per heavy atom. The van der Waals surface area contributed by atoms with E-state index < -0.39 is 0 Å². The van der Waals surface area contributed by atoms with Crippen molar-refractivity contribution in [2.45, 2.75) is 19.3 Å². The zero-order chi connectivity index (χ0) is 24.5. The summed E-state index contributed by atoms with van der Waals surface area (Å²) >= 11 is 0. The maximum absolute atomic E-state index is 12.8. The Kier molecular flexibility index (Phi) is 5.83. The van der Waals surface area contributed by atoms with Crippen LogP contribution in [0, 0.1) is 0 Å². The Hall–Kier alpha value is -4.38. The molecule has 1 aliphatic carbocycles. The first-order valence-corrected chi connectivity index (χ1v) is 11.6. The molecule has 0 bridgehead atoms. The van der Waals surface area contributed by atoms with Gasteiger partial charge in [0.15, 0.2) is 0 Å². The Bertz CT molecular complexity index is 1310. The number of phenolic OH excluding ortho intramolecular Hbond substituents is 2. The van der Waals surface area contributed by atoms with Crippen LogP contribution in [0.3, 0.4) is 0 Å². The van der Waals surface area contributed by atoms with E-state index in [9.17, 15) is 19.8 Å². The summed E-state index contributed by atoms with van der Waals surface area (Å²) in [4.78, 5) is 26.9. The molecule has 2 aliphatic rings. The molecule has 2 amide bonds. The third-order valence-electron chi connectivity index (χ3n) is 6.42. The van der Waals surface area contributed by atoms with Gasteiger partial charge in [-0.1, -0.05) is 49.1 Å². The SMILES string of the molecule is C=C1C/C1=C\C(CCCN1C(=O)c2ccccc2C1=O)=C(c1ccc(O)cc1)c1ccc(O)cc1. The van der Waals surface area contributed by atoms with Gasteiger partial charge in [0.1, 0.15) is 11.5 Å².